The van der Waals surface area contributed by atoms with E-state index in [2.05, 4.69) is 41.4 Å². The Balaban J connectivity index is 0.00000144. The van der Waals surface area contributed by atoms with Gasteiger partial charge in [0.2, 0.25) is 0 Å². The lowest BCUT2D eigenvalue weighted by Gasteiger charge is -2.21. The van der Waals surface area contributed by atoms with Gasteiger partial charge in [0.05, 0.1) is 18.6 Å². The van der Waals surface area contributed by atoms with E-state index in [1.807, 2.05) is 24.8 Å². The van der Waals surface area contributed by atoms with Gasteiger partial charge >= 0.3 is 0 Å². The summed E-state index contributed by atoms with van der Waals surface area (Å²) in [5, 5.41) is 0. The standard InChI is InChI=1S/C13H17N3.HI/c1-13(2,3)12-11(5-4-6-15-12)9-16-8-7-14-10-16;/h4-8,10H,9H2,1-3H3;1H. The van der Waals surface area contributed by atoms with Gasteiger partial charge in [0.15, 0.2) is 0 Å². The molecule has 0 atom stereocenters. The van der Waals surface area contributed by atoms with E-state index in [9.17, 15) is 0 Å². The van der Waals surface area contributed by atoms with Crippen LogP contribution in [-0.2, 0) is 12.0 Å². The highest BCUT2D eigenvalue weighted by Gasteiger charge is 2.18. The van der Waals surface area contributed by atoms with Crippen molar-refractivity contribution in [3.05, 3.63) is 48.3 Å². The minimum atomic E-state index is 0. The van der Waals surface area contributed by atoms with Gasteiger partial charge in [0.25, 0.3) is 0 Å². The first-order chi connectivity index (χ1) is 7.57. The van der Waals surface area contributed by atoms with Crippen LogP contribution in [0.5, 0.6) is 0 Å². The fourth-order valence-corrected chi connectivity index (χ4v) is 1.82. The summed E-state index contributed by atoms with van der Waals surface area (Å²) >= 11 is 0. The number of aromatic nitrogens is 3. The Bertz CT molecular complexity index is 458. The first kappa shape index (κ1) is 14.2. The summed E-state index contributed by atoms with van der Waals surface area (Å²) in [4.78, 5) is 8.55. The van der Waals surface area contributed by atoms with Crippen molar-refractivity contribution < 1.29 is 0 Å². The molecule has 0 radical (unpaired) electrons. The minimum absolute atomic E-state index is 0. The van der Waals surface area contributed by atoms with Gasteiger partial charge in [0, 0.05) is 24.0 Å². The van der Waals surface area contributed by atoms with E-state index < -0.39 is 0 Å². The second-order valence-corrected chi connectivity index (χ2v) is 5.00. The minimum Gasteiger partial charge on any atom is -0.333 e. The predicted octanol–water partition coefficient (Wildman–Crippen LogP) is 3.24. The molecule has 0 saturated carbocycles. The van der Waals surface area contributed by atoms with Crippen LogP contribution < -0.4 is 0 Å². The Morgan fingerprint density at radius 3 is 2.59 bits per heavy atom. The summed E-state index contributed by atoms with van der Waals surface area (Å²) < 4.78 is 2.06. The van der Waals surface area contributed by atoms with E-state index in [0.29, 0.717) is 0 Å². The molecule has 2 aromatic rings. The van der Waals surface area contributed by atoms with Crippen LogP contribution in [0.3, 0.4) is 0 Å². The monoisotopic (exact) mass is 343 g/mol. The first-order valence-corrected chi connectivity index (χ1v) is 5.47. The zero-order valence-corrected chi connectivity index (χ0v) is 12.8. The maximum atomic E-state index is 4.50. The summed E-state index contributed by atoms with van der Waals surface area (Å²) in [6.07, 6.45) is 7.46. The molecular weight excluding hydrogens is 325 g/mol. The van der Waals surface area contributed by atoms with E-state index in [4.69, 9.17) is 0 Å². The topological polar surface area (TPSA) is 30.7 Å². The van der Waals surface area contributed by atoms with Crippen molar-refractivity contribution in [3.63, 3.8) is 0 Å². The van der Waals surface area contributed by atoms with Crippen molar-refractivity contribution in [1.29, 1.82) is 0 Å². The van der Waals surface area contributed by atoms with Gasteiger partial charge in [-0.2, -0.15) is 0 Å². The maximum absolute atomic E-state index is 4.50. The summed E-state index contributed by atoms with van der Waals surface area (Å²) in [5.41, 5.74) is 2.49. The Morgan fingerprint density at radius 2 is 2.00 bits per heavy atom. The summed E-state index contributed by atoms with van der Waals surface area (Å²) in [6.45, 7) is 7.40. The molecule has 0 aliphatic rings. The van der Waals surface area contributed by atoms with E-state index >= 15 is 0 Å². The van der Waals surface area contributed by atoms with Crippen molar-refractivity contribution in [2.45, 2.75) is 32.7 Å². The number of nitrogens with zero attached hydrogens (tertiary/aromatic N) is 3. The van der Waals surface area contributed by atoms with Crippen molar-refractivity contribution in [2.24, 2.45) is 0 Å². The highest BCUT2D eigenvalue weighted by atomic mass is 127. The average molecular weight is 343 g/mol. The third-order valence-corrected chi connectivity index (χ3v) is 2.51. The van der Waals surface area contributed by atoms with E-state index in [0.717, 1.165) is 12.2 Å². The molecule has 0 amide bonds. The van der Waals surface area contributed by atoms with Crippen LogP contribution in [0.4, 0.5) is 0 Å². The van der Waals surface area contributed by atoms with Crippen molar-refractivity contribution in [3.8, 4) is 0 Å². The molecule has 0 aliphatic heterocycles. The van der Waals surface area contributed by atoms with Crippen LogP contribution in [0, 0.1) is 0 Å². The molecular formula is C13H18IN3. The quantitative estimate of drug-likeness (QED) is 0.784. The third-order valence-electron chi connectivity index (χ3n) is 2.51. The van der Waals surface area contributed by atoms with Crippen LogP contribution >= 0.6 is 24.0 Å². The number of rotatable bonds is 2. The molecule has 0 spiro atoms. The first-order valence-electron chi connectivity index (χ1n) is 5.47. The van der Waals surface area contributed by atoms with Gasteiger partial charge in [-0.1, -0.05) is 26.8 Å². The molecule has 92 valence electrons. The Kier molecular flexibility index (Phi) is 4.68. The second kappa shape index (κ2) is 5.62. The molecule has 3 nitrogen and oxygen atoms in total. The van der Waals surface area contributed by atoms with Crippen molar-refractivity contribution >= 4 is 24.0 Å². The number of halogens is 1. The highest BCUT2D eigenvalue weighted by Crippen LogP contribution is 2.23. The van der Waals surface area contributed by atoms with Gasteiger partial charge in [-0.15, -0.1) is 24.0 Å². The maximum Gasteiger partial charge on any atom is 0.0949 e. The zero-order chi connectivity index (χ0) is 11.6. The van der Waals surface area contributed by atoms with Gasteiger partial charge in [-0.25, -0.2) is 4.98 Å². The van der Waals surface area contributed by atoms with E-state index in [1.54, 1.807) is 6.20 Å². The average Bonchev–Trinajstić information content (AvgIpc) is 2.70. The molecule has 0 aromatic carbocycles. The number of pyridine rings is 1. The number of imidazole rings is 1. The van der Waals surface area contributed by atoms with Gasteiger partial charge in [0.1, 0.15) is 0 Å². The Morgan fingerprint density at radius 1 is 1.24 bits per heavy atom. The molecule has 0 saturated heterocycles. The van der Waals surface area contributed by atoms with Crippen LogP contribution in [0.2, 0.25) is 0 Å². The number of hydrogen-bond acceptors (Lipinski definition) is 2. The Labute approximate surface area is 119 Å². The molecule has 0 aliphatic carbocycles. The molecule has 0 N–H and O–H groups in total. The molecule has 2 heterocycles. The Hall–Kier alpha value is -0.910. The smallest absolute Gasteiger partial charge is 0.0949 e. The lowest BCUT2D eigenvalue weighted by Crippen LogP contribution is -2.17. The molecule has 4 heteroatoms. The van der Waals surface area contributed by atoms with Crippen molar-refractivity contribution in [2.75, 3.05) is 0 Å². The third kappa shape index (κ3) is 3.52. The lowest BCUT2D eigenvalue weighted by molar-refractivity contribution is 0.556. The molecule has 0 fully saturated rings. The van der Waals surface area contributed by atoms with Crippen LogP contribution in [-0.4, -0.2) is 14.5 Å². The lowest BCUT2D eigenvalue weighted by atomic mass is 9.88. The van der Waals surface area contributed by atoms with Crippen molar-refractivity contribution in [1.82, 2.24) is 14.5 Å². The van der Waals surface area contributed by atoms with Gasteiger partial charge in [-0.05, 0) is 11.6 Å². The summed E-state index contributed by atoms with van der Waals surface area (Å²) in [7, 11) is 0. The summed E-state index contributed by atoms with van der Waals surface area (Å²) in [5.74, 6) is 0. The van der Waals surface area contributed by atoms with Crippen LogP contribution in [0.25, 0.3) is 0 Å². The van der Waals surface area contributed by atoms with Crippen LogP contribution in [0.15, 0.2) is 37.1 Å². The van der Waals surface area contributed by atoms with E-state index in [1.165, 1.54) is 5.56 Å². The van der Waals surface area contributed by atoms with Crippen LogP contribution in [0.1, 0.15) is 32.0 Å². The second-order valence-electron chi connectivity index (χ2n) is 5.00. The molecule has 2 rings (SSSR count). The predicted molar refractivity (Wildman–Crippen MR) is 79.7 cm³/mol. The normalized spacial score (nSPS) is 11.0. The van der Waals surface area contributed by atoms with Gasteiger partial charge < -0.3 is 4.57 Å². The highest BCUT2D eigenvalue weighted by molar-refractivity contribution is 14.0. The van der Waals surface area contributed by atoms with Gasteiger partial charge in [-0.3, -0.25) is 4.98 Å². The number of hydrogen-bond donors (Lipinski definition) is 0. The molecule has 2 aromatic heterocycles. The SMILES string of the molecule is CC(C)(C)c1ncccc1Cn1ccnc1.I. The largest absolute Gasteiger partial charge is 0.333 e. The van der Waals surface area contributed by atoms with E-state index in [-0.39, 0.29) is 29.4 Å². The fourth-order valence-electron chi connectivity index (χ4n) is 1.82. The molecule has 0 bridgehead atoms. The zero-order valence-electron chi connectivity index (χ0n) is 10.4. The fraction of sp³-hybridized carbons (Fsp3) is 0.385. The molecule has 0 unspecified atom stereocenters. The molecule has 17 heavy (non-hydrogen) atoms. The summed E-state index contributed by atoms with van der Waals surface area (Å²) in [6, 6.07) is 4.12.